The van der Waals surface area contributed by atoms with Gasteiger partial charge in [0.2, 0.25) is 0 Å². The monoisotopic (exact) mass is 237 g/mol. The average Bonchev–Trinajstić information content (AvgIpc) is 2.28. The van der Waals surface area contributed by atoms with Gasteiger partial charge in [0.05, 0.1) is 6.61 Å². The van der Waals surface area contributed by atoms with Crippen LogP contribution in [0.2, 0.25) is 5.02 Å². The quantitative estimate of drug-likeness (QED) is 0.769. The van der Waals surface area contributed by atoms with E-state index < -0.39 is 0 Å². The number of benzene rings is 1. The molecule has 0 heterocycles. The predicted molar refractivity (Wildman–Crippen MR) is 70.0 cm³/mol. The summed E-state index contributed by atoms with van der Waals surface area (Å²) in [5.74, 6) is 0. The highest BCUT2D eigenvalue weighted by Gasteiger charge is 2.10. The Bertz CT molecular complexity index is 366. The number of aliphatic hydroxyl groups excluding tert-OH is 1. The van der Waals surface area contributed by atoms with E-state index in [-0.39, 0.29) is 6.61 Å². The maximum Gasteiger partial charge on any atom is 0.0716 e. The van der Waals surface area contributed by atoms with Crippen LogP contribution in [0.15, 0.2) is 43.5 Å². The van der Waals surface area contributed by atoms with Crippen molar-refractivity contribution in [3.63, 3.8) is 0 Å². The molecule has 0 aliphatic heterocycles. The van der Waals surface area contributed by atoms with Crippen LogP contribution in [0.5, 0.6) is 0 Å². The molecule has 0 aromatic heterocycles. The molecule has 1 aromatic rings. The Kier molecular flexibility index (Phi) is 5.09. The molecule has 0 saturated heterocycles. The second-order valence-electron chi connectivity index (χ2n) is 3.38. The molecule has 0 radical (unpaired) electrons. The minimum atomic E-state index is -0.0697. The van der Waals surface area contributed by atoms with E-state index in [4.69, 9.17) is 11.6 Å². The van der Waals surface area contributed by atoms with Gasteiger partial charge in [-0.3, -0.25) is 0 Å². The molecule has 0 bridgehead atoms. The molecule has 86 valence electrons. The highest BCUT2D eigenvalue weighted by Crippen LogP contribution is 2.27. The summed E-state index contributed by atoms with van der Waals surface area (Å²) in [5, 5.41) is 9.90. The third-order valence-corrected chi connectivity index (χ3v) is 2.65. The van der Waals surface area contributed by atoms with Crippen molar-refractivity contribution in [2.24, 2.45) is 0 Å². The predicted octanol–water partition coefficient (Wildman–Crippen LogP) is 3.01. The van der Waals surface area contributed by atoms with Gasteiger partial charge in [-0.2, -0.15) is 0 Å². The van der Waals surface area contributed by atoms with Gasteiger partial charge in [-0.1, -0.05) is 29.8 Å². The van der Waals surface area contributed by atoms with Gasteiger partial charge in [-0.25, -0.2) is 0 Å². The van der Waals surface area contributed by atoms with Gasteiger partial charge in [0.1, 0.15) is 0 Å². The largest absolute Gasteiger partial charge is 0.392 e. The molecular weight excluding hydrogens is 222 g/mol. The average molecular weight is 238 g/mol. The minimum absolute atomic E-state index is 0.0697. The van der Waals surface area contributed by atoms with Gasteiger partial charge in [-0.15, -0.1) is 13.2 Å². The normalized spacial score (nSPS) is 9.88. The fourth-order valence-corrected chi connectivity index (χ4v) is 1.81. The number of rotatable bonds is 6. The molecule has 3 heteroatoms. The summed E-state index contributed by atoms with van der Waals surface area (Å²) in [7, 11) is 0. The van der Waals surface area contributed by atoms with Crippen LogP contribution >= 0.6 is 11.6 Å². The van der Waals surface area contributed by atoms with E-state index >= 15 is 0 Å². The summed E-state index contributed by atoms with van der Waals surface area (Å²) in [4.78, 5) is 2.05. The lowest BCUT2D eigenvalue weighted by atomic mass is 10.1. The number of hydrogen-bond acceptors (Lipinski definition) is 2. The Balaban J connectivity index is 3.11. The first kappa shape index (κ1) is 12.8. The van der Waals surface area contributed by atoms with Gasteiger partial charge in [0.25, 0.3) is 0 Å². The van der Waals surface area contributed by atoms with Crippen molar-refractivity contribution >= 4 is 17.3 Å². The van der Waals surface area contributed by atoms with Gasteiger partial charge in [0, 0.05) is 29.4 Å². The standard InChI is InChI=1S/C13H16ClNO/c1-3-8-15(9-4-2)13-7-5-6-12(14)11(13)10-16/h3-7,16H,1-2,8-10H2. The SMILES string of the molecule is C=CCN(CC=C)c1cccc(Cl)c1CO. The Morgan fingerprint density at radius 3 is 2.38 bits per heavy atom. The number of halogens is 1. The van der Waals surface area contributed by atoms with Crippen LogP contribution < -0.4 is 4.90 Å². The van der Waals surface area contributed by atoms with Crippen molar-refractivity contribution < 1.29 is 5.11 Å². The first-order chi connectivity index (χ1) is 7.74. The van der Waals surface area contributed by atoms with Crippen LogP contribution in [-0.4, -0.2) is 18.2 Å². The van der Waals surface area contributed by atoms with Crippen LogP contribution in [0, 0.1) is 0 Å². The summed E-state index contributed by atoms with van der Waals surface area (Å²) in [6, 6.07) is 5.58. The number of aliphatic hydroxyl groups is 1. The second kappa shape index (κ2) is 6.36. The van der Waals surface area contributed by atoms with Crippen molar-refractivity contribution in [3.8, 4) is 0 Å². The van der Waals surface area contributed by atoms with Gasteiger partial charge >= 0.3 is 0 Å². The molecule has 0 spiro atoms. The maximum atomic E-state index is 9.32. The topological polar surface area (TPSA) is 23.5 Å². The summed E-state index contributed by atoms with van der Waals surface area (Å²) in [5.41, 5.74) is 1.67. The Morgan fingerprint density at radius 2 is 1.88 bits per heavy atom. The minimum Gasteiger partial charge on any atom is -0.392 e. The molecule has 0 unspecified atom stereocenters. The van der Waals surface area contributed by atoms with Crippen LogP contribution in [0.4, 0.5) is 5.69 Å². The van der Waals surface area contributed by atoms with E-state index in [9.17, 15) is 5.11 Å². The number of hydrogen-bond donors (Lipinski definition) is 1. The molecule has 0 saturated carbocycles. The fourth-order valence-electron chi connectivity index (χ4n) is 1.58. The third-order valence-electron chi connectivity index (χ3n) is 2.29. The number of anilines is 1. The van der Waals surface area contributed by atoms with Crippen molar-refractivity contribution in [1.82, 2.24) is 0 Å². The van der Waals surface area contributed by atoms with Crippen molar-refractivity contribution in [2.75, 3.05) is 18.0 Å². The Morgan fingerprint density at radius 1 is 1.25 bits per heavy atom. The highest BCUT2D eigenvalue weighted by atomic mass is 35.5. The molecule has 1 N–H and O–H groups in total. The fraction of sp³-hybridized carbons (Fsp3) is 0.231. The van der Waals surface area contributed by atoms with Crippen molar-refractivity contribution in [3.05, 3.63) is 54.1 Å². The first-order valence-corrected chi connectivity index (χ1v) is 5.47. The molecule has 0 aliphatic carbocycles. The summed E-state index contributed by atoms with van der Waals surface area (Å²) < 4.78 is 0. The number of nitrogens with zero attached hydrogens (tertiary/aromatic N) is 1. The van der Waals surface area contributed by atoms with E-state index in [1.165, 1.54) is 0 Å². The van der Waals surface area contributed by atoms with Crippen molar-refractivity contribution in [2.45, 2.75) is 6.61 Å². The zero-order valence-electron chi connectivity index (χ0n) is 9.19. The Hall–Kier alpha value is -1.25. The smallest absolute Gasteiger partial charge is 0.0716 e. The lowest BCUT2D eigenvalue weighted by Crippen LogP contribution is -2.24. The van der Waals surface area contributed by atoms with Crippen LogP contribution in [0.3, 0.4) is 0 Å². The van der Waals surface area contributed by atoms with Gasteiger partial charge < -0.3 is 10.0 Å². The van der Waals surface area contributed by atoms with E-state index in [1.54, 1.807) is 6.07 Å². The van der Waals surface area contributed by atoms with Gasteiger partial charge in [-0.05, 0) is 12.1 Å². The zero-order chi connectivity index (χ0) is 12.0. The molecule has 0 fully saturated rings. The summed E-state index contributed by atoms with van der Waals surface area (Å²) in [6.45, 7) is 8.75. The molecule has 0 atom stereocenters. The molecule has 2 nitrogen and oxygen atoms in total. The molecular formula is C13H16ClNO. The molecule has 0 amide bonds. The van der Waals surface area contributed by atoms with Crippen LogP contribution in [-0.2, 0) is 6.61 Å². The molecule has 16 heavy (non-hydrogen) atoms. The molecule has 0 aliphatic rings. The van der Waals surface area contributed by atoms with E-state index in [2.05, 4.69) is 18.1 Å². The van der Waals surface area contributed by atoms with E-state index in [1.807, 2.05) is 24.3 Å². The highest BCUT2D eigenvalue weighted by molar-refractivity contribution is 6.31. The van der Waals surface area contributed by atoms with Gasteiger partial charge in [0.15, 0.2) is 0 Å². The molecule has 1 rings (SSSR count). The second-order valence-corrected chi connectivity index (χ2v) is 3.79. The lowest BCUT2D eigenvalue weighted by molar-refractivity contribution is 0.282. The summed E-state index contributed by atoms with van der Waals surface area (Å²) in [6.07, 6.45) is 3.62. The van der Waals surface area contributed by atoms with Crippen LogP contribution in [0.25, 0.3) is 0 Å². The maximum absolute atomic E-state index is 9.32. The first-order valence-electron chi connectivity index (χ1n) is 5.09. The third kappa shape index (κ3) is 2.87. The zero-order valence-corrected chi connectivity index (χ0v) is 9.95. The lowest BCUT2D eigenvalue weighted by Gasteiger charge is -2.24. The van der Waals surface area contributed by atoms with Crippen molar-refractivity contribution in [1.29, 1.82) is 0 Å². The van der Waals surface area contributed by atoms with E-state index in [0.29, 0.717) is 18.1 Å². The summed E-state index contributed by atoms with van der Waals surface area (Å²) >= 11 is 6.04. The van der Waals surface area contributed by atoms with E-state index in [0.717, 1.165) is 11.3 Å². The Labute approximate surface area is 101 Å². The molecule has 1 aromatic carbocycles. The van der Waals surface area contributed by atoms with Crippen LogP contribution in [0.1, 0.15) is 5.56 Å².